The van der Waals surface area contributed by atoms with E-state index in [0.29, 0.717) is 13.0 Å². The highest BCUT2D eigenvalue weighted by Gasteiger charge is 2.15. The molecule has 0 atom stereocenters. The predicted molar refractivity (Wildman–Crippen MR) is 59.5 cm³/mol. The Morgan fingerprint density at radius 3 is 2.87 bits per heavy atom. The summed E-state index contributed by atoms with van der Waals surface area (Å²) in [7, 11) is 0. The minimum Gasteiger partial charge on any atom is -0.494 e. The second-order valence-electron chi connectivity index (χ2n) is 3.88. The number of ether oxygens (including phenoxy) is 1. The number of carbonyl (C=O) groups excluding carboxylic acids is 1. The van der Waals surface area contributed by atoms with Gasteiger partial charge in [0.15, 0.2) is 5.78 Å². The number of hydrogen-bond acceptors (Lipinski definition) is 2. The number of benzene rings is 1. The molecule has 2 nitrogen and oxygen atoms in total. The molecule has 0 radical (unpaired) electrons. The van der Waals surface area contributed by atoms with Gasteiger partial charge in [-0.2, -0.15) is 0 Å². The van der Waals surface area contributed by atoms with Crippen LogP contribution in [-0.2, 0) is 6.42 Å². The van der Waals surface area contributed by atoms with Gasteiger partial charge in [0.1, 0.15) is 5.75 Å². The van der Waals surface area contributed by atoms with E-state index < -0.39 is 0 Å². The summed E-state index contributed by atoms with van der Waals surface area (Å²) in [5.41, 5.74) is 2.06. The van der Waals surface area contributed by atoms with Gasteiger partial charge in [-0.05, 0) is 49.9 Å². The Bertz CT molecular complexity index is 369. The standard InChI is InChI=1S/C13H16O2/c1-2-15-11-7-8-12-10(9-11)5-3-4-6-13(12)14/h7-9H,2-6H2,1H3. The second-order valence-corrected chi connectivity index (χ2v) is 3.88. The van der Waals surface area contributed by atoms with Crippen LogP contribution in [0.25, 0.3) is 0 Å². The Morgan fingerprint density at radius 2 is 2.07 bits per heavy atom. The van der Waals surface area contributed by atoms with Crippen LogP contribution in [0, 0.1) is 0 Å². The second kappa shape index (κ2) is 4.47. The number of carbonyl (C=O) groups is 1. The molecule has 80 valence electrons. The average molecular weight is 204 g/mol. The molecule has 0 saturated heterocycles. The molecule has 0 unspecified atom stereocenters. The van der Waals surface area contributed by atoms with Crippen molar-refractivity contribution < 1.29 is 9.53 Å². The molecule has 15 heavy (non-hydrogen) atoms. The van der Waals surface area contributed by atoms with Crippen molar-refractivity contribution in [3.63, 3.8) is 0 Å². The quantitative estimate of drug-likeness (QED) is 0.692. The van der Waals surface area contributed by atoms with Gasteiger partial charge in [0.2, 0.25) is 0 Å². The zero-order valence-electron chi connectivity index (χ0n) is 9.08. The minimum absolute atomic E-state index is 0.283. The molecule has 0 spiro atoms. The summed E-state index contributed by atoms with van der Waals surface area (Å²) < 4.78 is 5.44. The maximum Gasteiger partial charge on any atom is 0.163 e. The van der Waals surface area contributed by atoms with Crippen molar-refractivity contribution in [3.05, 3.63) is 29.3 Å². The Hall–Kier alpha value is -1.31. The third-order valence-electron chi connectivity index (χ3n) is 2.79. The molecule has 2 heteroatoms. The van der Waals surface area contributed by atoms with Crippen LogP contribution < -0.4 is 4.74 Å². The summed E-state index contributed by atoms with van der Waals surface area (Å²) in [5, 5.41) is 0. The number of fused-ring (bicyclic) bond motifs is 1. The van der Waals surface area contributed by atoms with Crippen molar-refractivity contribution in [2.75, 3.05) is 6.61 Å². The van der Waals surface area contributed by atoms with E-state index in [2.05, 4.69) is 0 Å². The fraction of sp³-hybridized carbons (Fsp3) is 0.462. The van der Waals surface area contributed by atoms with E-state index in [1.165, 1.54) is 0 Å². The molecule has 0 saturated carbocycles. The number of ketones is 1. The fourth-order valence-corrected chi connectivity index (χ4v) is 2.04. The van der Waals surface area contributed by atoms with Gasteiger partial charge in [-0.1, -0.05) is 0 Å². The lowest BCUT2D eigenvalue weighted by Crippen LogP contribution is -2.01. The molecule has 2 rings (SSSR count). The van der Waals surface area contributed by atoms with Crippen molar-refractivity contribution >= 4 is 5.78 Å². The maximum atomic E-state index is 11.7. The average Bonchev–Trinajstić information content (AvgIpc) is 2.41. The van der Waals surface area contributed by atoms with E-state index in [1.807, 2.05) is 25.1 Å². The molecule has 1 aromatic rings. The molecule has 0 heterocycles. The third-order valence-corrected chi connectivity index (χ3v) is 2.79. The first-order valence-electron chi connectivity index (χ1n) is 5.60. The van der Waals surface area contributed by atoms with E-state index in [1.54, 1.807) is 0 Å². The van der Waals surface area contributed by atoms with Crippen molar-refractivity contribution in [2.45, 2.75) is 32.6 Å². The van der Waals surface area contributed by atoms with Gasteiger partial charge in [0.05, 0.1) is 6.61 Å². The van der Waals surface area contributed by atoms with Gasteiger partial charge in [-0.25, -0.2) is 0 Å². The molecule has 1 aromatic carbocycles. The monoisotopic (exact) mass is 204 g/mol. The van der Waals surface area contributed by atoms with Crippen LogP contribution in [0.2, 0.25) is 0 Å². The zero-order valence-corrected chi connectivity index (χ0v) is 9.08. The van der Waals surface area contributed by atoms with Crippen LogP contribution in [-0.4, -0.2) is 12.4 Å². The summed E-state index contributed by atoms with van der Waals surface area (Å²) in [6, 6.07) is 5.82. The number of rotatable bonds is 2. The Balaban J connectivity index is 2.33. The van der Waals surface area contributed by atoms with E-state index in [-0.39, 0.29) is 5.78 Å². The third kappa shape index (κ3) is 2.20. The fourth-order valence-electron chi connectivity index (χ4n) is 2.04. The predicted octanol–water partition coefficient (Wildman–Crippen LogP) is 2.99. The first-order chi connectivity index (χ1) is 7.31. The van der Waals surface area contributed by atoms with Crippen molar-refractivity contribution in [1.29, 1.82) is 0 Å². The Labute approximate surface area is 90.3 Å². The van der Waals surface area contributed by atoms with Gasteiger partial charge < -0.3 is 4.74 Å². The van der Waals surface area contributed by atoms with Crippen molar-refractivity contribution in [1.82, 2.24) is 0 Å². The van der Waals surface area contributed by atoms with Crippen LogP contribution in [0.4, 0.5) is 0 Å². The number of hydrogen-bond donors (Lipinski definition) is 0. The largest absolute Gasteiger partial charge is 0.494 e. The lowest BCUT2D eigenvalue weighted by atomic mass is 10.0. The SMILES string of the molecule is CCOc1ccc2c(c1)CCCCC2=O. The molecular formula is C13H16O2. The van der Waals surface area contributed by atoms with E-state index in [9.17, 15) is 4.79 Å². The summed E-state index contributed by atoms with van der Waals surface area (Å²) in [6.07, 6.45) is 3.81. The van der Waals surface area contributed by atoms with Crippen LogP contribution in [0.15, 0.2) is 18.2 Å². The lowest BCUT2D eigenvalue weighted by molar-refractivity contribution is 0.0982. The Morgan fingerprint density at radius 1 is 1.27 bits per heavy atom. The summed E-state index contributed by atoms with van der Waals surface area (Å²) in [5.74, 6) is 1.16. The molecule has 0 amide bonds. The van der Waals surface area contributed by atoms with Crippen molar-refractivity contribution in [3.8, 4) is 5.75 Å². The smallest absolute Gasteiger partial charge is 0.163 e. The van der Waals surface area contributed by atoms with E-state index in [4.69, 9.17) is 4.74 Å². The summed E-state index contributed by atoms with van der Waals surface area (Å²) in [4.78, 5) is 11.7. The molecular weight excluding hydrogens is 188 g/mol. The van der Waals surface area contributed by atoms with E-state index in [0.717, 1.165) is 36.1 Å². The normalized spacial score (nSPS) is 15.7. The van der Waals surface area contributed by atoms with Gasteiger partial charge in [0.25, 0.3) is 0 Å². The van der Waals surface area contributed by atoms with Crippen molar-refractivity contribution in [2.24, 2.45) is 0 Å². The van der Waals surface area contributed by atoms with E-state index >= 15 is 0 Å². The van der Waals surface area contributed by atoms with Crippen LogP contribution in [0.1, 0.15) is 42.1 Å². The molecule has 0 bridgehead atoms. The van der Waals surface area contributed by atoms with Gasteiger partial charge >= 0.3 is 0 Å². The topological polar surface area (TPSA) is 26.3 Å². The first kappa shape index (κ1) is 10.2. The molecule has 0 fully saturated rings. The van der Waals surface area contributed by atoms with Gasteiger partial charge in [-0.15, -0.1) is 0 Å². The highest BCUT2D eigenvalue weighted by Crippen LogP contribution is 2.24. The minimum atomic E-state index is 0.283. The zero-order chi connectivity index (χ0) is 10.7. The molecule has 1 aliphatic carbocycles. The summed E-state index contributed by atoms with van der Waals surface area (Å²) >= 11 is 0. The highest BCUT2D eigenvalue weighted by molar-refractivity contribution is 5.97. The van der Waals surface area contributed by atoms with Gasteiger partial charge in [-0.3, -0.25) is 4.79 Å². The number of Topliss-reactive ketones (excluding diaryl/α,β-unsaturated/α-hetero) is 1. The van der Waals surface area contributed by atoms with Crippen LogP contribution in [0.3, 0.4) is 0 Å². The maximum absolute atomic E-state index is 11.7. The molecule has 0 aliphatic heterocycles. The highest BCUT2D eigenvalue weighted by atomic mass is 16.5. The van der Waals surface area contributed by atoms with Gasteiger partial charge in [0, 0.05) is 12.0 Å². The Kier molecular flexibility index (Phi) is 3.05. The first-order valence-corrected chi connectivity index (χ1v) is 5.60. The molecule has 1 aliphatic rings. The molecule has 0 aromatic heterocycles. The van der Waals surface area contributed by atoms with Crippen LogP contribution >= 0.6 is 0 Å². The number of aryl methyl sites for hydroxylation is 1. The summed E-state index contributed by atoms with van der Waals surface area (Å²) in [6.45, 7) is 2.64. The van der Waals surface area contributed by atoms with Crippen LogP contribution in [0.5, 0.6) is 5.75 Å². The lowest BCUT2D eigenvalue weighted by Gasteiger charge is -2.08. The molecule has 0 N–H and O–H groups in total.